The van der Waals surface area contributed by atoms with Crippen LogP contribution in [0.25, 0.3) is 0 Å². The molecule has 0 saturated heterocycles. The van der Waals surface area contributed by atoms with E-state index < -0.39 is 0 Å². The summed E-state index contributed by atoms with van der Waals surface area (Å²) >= 11 is 1.74. The number of hydrogen-bond donors (Lipinski definition) is 1. The highest BCUT2D eigenvalue weighted by atomic mass is 32.2. The maximum absolute atomic E-state index is 11.8. The molecule has 1 aliphatic rings. The van der Waals surface area contributed by atoms with Gasteiger partial charge in [-0.1, -0.05) is 6.92 Å². The van der Waals surface area contributed by atoms with Crippen molar-refractivity contribution in [3.63, 3.8) is 0 Å². The van der Waals surface area contributed by atoms with Crippen LogP contribution >= 0.6 is 11.8 Å². The zero-order valence-electron chi connectivity index (χ0n) is 9.58. The predicted molar refractivity (Wildman–Crippen MR) is 64.5 cm³/mol. The Hall–Kier alpha value is -0.810. The number of hydrogen-bond acceptors (Lipinski definition) is 4. The van der Waals surface area contributed by atoms with Gasteiger partial charge in [-0.3, -0.25) is 4.79 Å². The number of ether oxygens (including phenoxy) is 1. The summed E-state index contributed by atoms with van der Waals surface area (Å²) in [6.45, 7) is 4.61. The van der Waals surface area contributed by atoms with Crippen molar-refractivity contribution in [3.05, 3.63) is 27.4 Å². The van der Waals surface area contributed by atoms with Crippen LogP contribution in [0.15, 0.2) is 4.79 Å². The van der Waals surface area contributed by atoms with Gasteiger partial charge in [0.05, 0.1) is 5.69 Å². The average Bonchev–Trinajstić information content (AvgIpc) is 2.74. The lowest BCUT2D eigenvalue weighted by molar-refractivity contribution is 0.0531. The highest BCUT2D eigenvalue weighted by Gasteiger charge is 2.20. The molecule has 0 amide bonds. The minimum absolute atomic E-state index is 0.00292. The monoisotopic (exact) mass is 240 g/mol. The van der Waals surface area contributed by atoms with Crippen molar-refractivity contribution in [1.82, 2.24) is 9.97 Å². The molecule has 0 spiro atoms. The quantitative estimate of drug-likeness (QED) is 0.874. The Morgan fingerprint density at radius 2 is 2.31 bits per heavy atom. The van der Waals surface area contributed by atoms with Crippen LogP contribution in [0.2, 0.25) is 0 Å². The number of nitrogens with zero attached hydrogens (tertiary/aromatic N) is 1. The van der Waals surface area contributed by atoms with Crippen molar-refractivity contribution >= 4 is 11.8 Å². The molecule has 1 aromatic rings. The molecule has 0 aromatic carbocycles. The molecule has 0 radical (unpaired) electrons. The second kappa shape index (κ2) is 5.01. The number of H-pyrrole nitrogens is 1. The minimum atomic E-state index is -0.0893. The first-order chi connectivity index (χ1) is 7.76. The SMILES string of the molecule is CCOC(CC)c1nc2c(c(=O)[nH]1)CSC2. The highest BCUT2D eigenvalue weighted by Crippen LogP contribution is 2.26. The fourth-order valence-electron chi connectivity index (χ4n) is 1.83. The molecule has 5 heteroatoms. The van der Waals surface area contributed by atoms with Crippen LogP contribution in [0.3, 0.4) is 0 Å². The van der Waals surface area contributed by atoms with Crippen LogP contribution in [-0.4, -0.2) is 16.6 Å². The molecule has 0 aliphatic carbocycles. The third-order valence-corrected chi connectivity index (χ3v) is 3.62. The molecule has 4 nitrogen and oxygen atoms in total. The molecule has 88 valence electrons. The van der Waals surface area contributed by atoms with E-state index in [0.717, 1.165) is 29.2 Å². The van der Waals surface area contributed by atoms with Crippen molar-refractivity contribution in [2.45, 2.75) is 37.9 Å². The minimum Gasteiger partial charge on any atom is -0.371 e. The van der Waals surface area contributed by atoms with Gasteiger partial charge in [0, 0.05) is 23.7 Å². The van der Waals surface area contributed by atoms with E-state index >= 15 is 0 Å². The van der Waals surface area contributed by atoms with Crippen LogP contribution in [0.5, 0.6) is 0 Å². The van der Waals surface area contributed by atoms with Crippen molar-refractivity contribution in [3.8, 4) is 0 Å². The van der Waals surface area contributed by atoms with Crippen molar-refractivity contribution < 1.29 is 4.74 Å². The van der Waals surface area contributed by atoms with Gasteiger partial charge >= 0.3 is 0 Å². The van der Waals surface area contributed by atoms with Crippen LogP contribution in [-0.2, 0) is 16.2 Å². The zero-order valence-corrected chi connectivity index (χ0v) is 10.4. The summed E-state index contributed by atoms with van der Waals surface area (Å²) in [6, 6.07) is 0. The van der Waals surface area contributed by atoms with Gasteiger partial charge in [-0.15, -0.1) is 0 Å². The molecule has 0 fully saturated rings. The van der Waals surface area contributed by atoms with E-state index in [2.05, 4.69) is 9.97 Å². The Kier molecular flexibility index (Phi) is 3.66. The maximum atomic E-state index is 11.8. The summed E-state index contributed by atoms with van der Waals surface area (Å²) in [4.78, 5) is 19.1. The second-order valence-corrected chi connectivity index (χ2v) is 4.71. The van der Waals surface area contributed by atoms with Gasteiger partial charge in [0.15, 0.2) is 0 Å². The predicted octanol–water partition coefficient (Wildman–Crippen LogP) is 2.00. The lowest BCUT2D eigenvalue weighted by Crippen LogP contribution is -2.20. The van der Waals surface area contributed by atoms with Crippen LogP contribution in [0, 0.1) is 0 Å². The number of fused-ring (bicyclic) bond motifs is 1. The van der Waals surface area contributed by atoms with Gasteiger partial charge in [-0.2, -0.15) is 11.8 Å². The normalized spacial score (nSPS) is 16.1. The van der Waals surface area contributed by atoms with E-state index in [4.69, 9.17) is 4.74 Å². The van der Waals surface area contributed by atoms with Crippen molar-refractivity contribution in [1.29, 1.82) is 0 Å². The first-order valence-electron chi connectivity index (χ1n) is 5.57. The van der Waals surface area contributed by atoms with Crippen LogP contribution in [0.4, 0.5) is 0 Å². The van der Waals surface area contributed by atoms with E-state index in [0.29, 0.717) is 12.4 Å². The number of aromatic amines is 1. The Labute approximate surface area is 98.8 Å². The molecule has 1 unspecified atom stereocenters. The molecule has 2 heterocycles. The smallest absolute Gasteiger partial charge is 0.255 e. The topological polar surface area (TPSA) is 55.0 Å². The van der Waals surface area contributed by atoms with Gasteiger partial charge in [0.1, 0.15) is 11.9 Å². The molecule has 0 saturated carbocycles. The fraction of sp³-hybridized carbons (Fsp3) is 0.636. The molecule has 2 rings (SSSR count). The largest absolute Gasteiger partial charge is 0.371 e. The van der Waals surface area contributed by atoms with Crippen molar-refractivity contribution in [2.75, 3.05) is 6.61 Å². The maximum Gasteiger partial charge on any atom is 0.255 e. The number of rotatable bonds is 4. The third kappa shape index (κ3) is 2.15. The Balaban J connectivity index is 2.35. The lowest BCUT2D eigenvalue weighted by atomic mass is 10.2. The van der Waals surface area contributed by atoms with Crippen LogP contribution < -0.4 is 5.56 Å². The zero-order chi connectivity index (χ0) is 11.5. The van der Waals surface area contributed by atoms with Crippen LogP contribution in [0.1, 0.15) is 43.5 Å². The first kappa shape index (κ1) is 11.7. The number of nitrogens with one attached hydrogen (secondary N) is 1. The lowest BCUT2D eigenvalue weighted by Gasteiger charge is -2.14. The number of thioether (sulfide) groups is 1. The van der Waals surface area contributed by atoms with Gasteiger partial charge in [0.2, 0.25) is 0 Å². The van der Waals surface area contributed by atoms with Gasteiger partial charge in [0.25, 0.3) is 5.56 Å². The standard InChI is InChI=1S/C11H16N2O2S/c1-3-9(15-4-2)10-12-8-6-16-5-7(8)11(14)13-10/h9H,3-6H2,1-2H3,(H,12,13,14). The molecule has 1 atom stereocenters. The summed E-state index contributed by atoms with van der Waals surface area (Å²) in [5, 5.41) is 0. The summed E-state index contributed by atoms with van der Waals surface area (Å²) in [6.07, 6.45) is 0.733. The molecule has 16 heavy (non-hydrogen) atoms. The second-order valence-electron chi connectivity index (χ2n) is 3.72. The molecule has 0 bridgehead atoms. The summed E-state index contributed by atoms with van der Waals surface area (Å²) in [5.74, 6) is 2.30. The molecule has 1 N–H and O–H groups in total. The molecule has 1 aromatic heterocycles. The highest BCUT2D eigenvalue weighted by molar-refractivity contribution is 7.98. The van der Waals surface area contributed by atoms with Crippen molar-refractivity contribution in [2.24, 2.45) is 0 Å². The molecular weight excluding hydrogens is 224 g/mol. The van der Waals surface area contributed by atoms with Gasteiger partial charge in [-0.25, -0.2) is 4.98 Å². The summed E-state index contributed by atoms with van der Waals surface area (Å²) in [5.41, 5.74) is 1.77. The van der Waals surface area contributed by atoms with E-state index in [9.17, 15) is 4.79 Å². The molecular formula is C11H16N2O2S. The van der Waals surface area contributed by atoms with Gasteiger partial charge in [-0.05, 0) is 13.3 Å². The van der Waals surface area contributed by atoms with E-state index in [1.54, 1.807) is 11.8 Å². The molecule has 1 aliphatic heterocycles. The average molecular weight is 240 g/mol. The van der Waals surface area contributed by atoms with Gasteiger partial charge < -0.3 is 9.72 Å². The summed E-state index contributed by atoms with van der Waals surface area (Å²) < 4.78 is 5.55. The third-order valence-electron chi connectivity index (χ3n) is 2.65. The van der Waals surface area contributed by atoms with E-state index in [1.165, 1.54) is 0 Å². The van der Waals surface area contributed by atoms with E-state index in [1.807, 2.05) is 13.8 Å². The summed E-state index contributed by atoms with van der Waals surface area (Å²) in [7, 11) is 0. The number of aromatic nitrogens is 2. The Morgan fingerprint density at radius 3 is 3.00 bits per heavy atom. The Bertz CT molecular complexity index is 430. The Morgan fingerprint density at radius 1 is 1.50 bits per heavy atom. The van der Waals surface area contributed by atoms with E-state index in [-0.39, 0.29) is 11.7 Å². The fourth-order valence-corrected chi connectivity index (χ4v) is 2.86. The first-order valence-corrected chi connectivity index (χ1v) is 6.73.